The Morgan fingerprint density at radius 3 is 2.78 bits per heavy atom. The number of hydrogen-bond donors (Lipinski definition) is 4. The number of rotatable bonds is 7. The third-order valence-electron chi connectivity index (χ3n) is 8.35. The number of morpholine rings is 1. The van der Waals surface area contributed by atoms with Crippen molar-refractivity contribution in [2.75, 3.05) is 58.4 Å². The molecule has 1 aliphatic heterocycles. The summed E-state index contributed by atoms with van der Waals surface area (Å²) < 4.78 is 5.39. The lowest BCUT2D eigenvalue weighted by atomic mass is 9.47. The Labute approximate surface area is 194 Å². The molecular weight excluding hydrogens is 428 g/mol. The van der Waals surface area contributed by atoms with Crippen LogP contribution in [0.15, 0.2) is 0 Å². The van der Waals surface area contributed by atoms with Gasteiger partial charge in [-0.2, -0.15) is 0 Å². The zero-order chi connectivity index (χ0) is 22.9. The molecule has 1 amide bonds. The Hall–Kier alpha value is -1.26. The lowest BCUT2D eigenvalue weighted by Crippen LogP contribution is -2.57. The molecule has 1 aromatic rings. The number of aliphatic hydroxyl groups excluding tert-OH is 2. The van der Waals surface area contributed by atoms with Gasteiger partial charge in [0.05, 0.1) is 31.6 Å². The van der Waals surface area contributed by atoms with Crippen molar-refractivity contribution in [3.8, 4) is 0 Å². The summed E-state index contributed by atoms with van der Waals surface area (Å²) in [6, 6.07) is 0. The molecule has 1 saturated heterocycles. The molecule has 2 aliphatic carbocycles. The molecular formula is C23H38N4O4S. The first-order chi connectivity index (χ1) is 15.3. The number of hydrogen-bond acceptors (Lipinski definition) is 8. The van der Waals surface area contributed by atoms with Gasteiger partial charge in [0.1, 0.15) is 0 Å². The van der Waals surface area contributed by atoms with Crippen LogP contribution in [-0.2, 0) is 16.0 Å². The van der Waals surface area contributed by atoms with Crippen molar-refractivity contribution >= 4 is 22.4 Å². The number of amides is 1. The maximum absolute atomic E-state index is 13.1. The van der Waals surface area contributed by atoms with Crippen LogP contribution in [0.25, 0.3) is 0 Å². The third kappa shape index (κ3) is 4.30. The van der Waals surface area contributed by atoms with E-state index in [-0.39, 0.29) is 29.8 Å². The summed E-state index contributed by atoms with van der Waals surface area (Å²) in [6.07, 6.45) is 2.10. The first-order valence-electron chi connectivity index (χ1n) is 11.8. The molecule has 0 radical (unpaired) electrons. The van der Waals surface area contributed by atoms with Gasteiger partial charge in [-0.1, -0.05) is 13.8 Å². The van der Waals surface area contributed by atoms with Crippen LogP contribution in [0.3, 0.4) is 0 Å². The quantitative estimate of drug-likeness (QED) is 0.482. The van der Waals surface area contributed by atoms with Gasteiger partial charge in [-0.05, 0) is 30.6 Å². The number of aliphatic hydroxyl groups is 2. The molecule has 4 rings (SSSR count). The van der Waals surface area contributed by atoms with E-state index in [4.69, 9.17) is 9.72 Å². The van der Waals surface area contributed by atoms with Gasteiger partial charge in [0.25, 0.3) is 0 Å². The number of fused-ring (bicyclic) bond motifs is 2. The summed E-state index contributed by atoms with van der Waals surface area (Å²) in [5, 5.41) is 28.3. The lowest BCUT2D eigenvalue weighted by molar-refractivity contribution is -0.144. The van der Waals surface area contributed by atoms with Crippen molar-refractivity contribution in [3.05, 3.63) is 10.6 Å². The predicted octanol–water partition coefficient (Wildman–Crippen LogP) is 1.44. The van der Waals surface area contributed by atoms with Gasteiger partial charge in [-0.25, -0.2) is 4.98 Å². The Balaban J connectivity index is 1.53. The lowest BCUT2D eigenvalue weighted by Gasteiger charge is -2.58. The average molecular weight is 467 g/mol. The minimum absolute atomic E-state index is 0.0311. The van der Waals surface area contributed by atoms with Crippen molar-refractivity contribution in [2.24, 2.45) is 16.7 Å². The Morgan fingerprint density at radius 1 is 1.34 bits per heavy atom. The largest absolute Gasteiger partial charge is 0.396 e. The van der Waals surface area contributed by atoms with Crippen molar-refractivity contribution in [1.82, 2.24) is 15.2 Å². The fraction of sp³-hybridized carbons (Fsp3) is 0.826. The molecule has 0 bridgehead atoms. The monoisotopic (exact) mass is 466 g/mol. The minimum atomic E-state index is -0.584. The van der Waals surface area contributed by atoms with E-state index in [2.05, 4.69) is 22.5 Å². The standard InChI is InChI=1S/C23H38N4O4S/c1-22-5-4-18(29)23(2,14-28)17(22)13-16-20(26-21(24-3)32-16)15(22)12-19(30)25-6-7-27-8-10-31-11-9-27/h15,17-18,28-29H,4-14H2,1-3H3,(H,24,26)(H,25,30). The molecule has 1 aromatic heterocycles. The third-order valence-corrected chi connectivity index (χ3v) is 9.46. The molecule has 4 N–H and O–H groups in total. The number of aromatic nitrogens is 1. The highest BCUT2D eigenvalue weighted by Crippen LogP contribution is 2.62. The van der Waals surface area contributed by atoms with Crippen LogP contribution in [0.2, 0.25) is 0 Å². The zero-order valence-corrected chi connectivity index (χ0v) is 20.3. The average Bonchev–Trinajstić information content (AvgIpc) is 3.22. The molecule has 9 heteroatoms. The molecule has 2 heterocycles. The summed E-state index contributed by atoms with van der Waals surface area (Å²) in [4.78, 5) is 21.4. The van der Waals surface area contributed by atoms with Crippen LogP contribution in [0, 0.1) is 16.7 Å². The first kappa shape index (κ1) is 23.9. The van der Waals surface area contributed by atoms with E-state index >= 15 is 0 Å². The molecule has 32 heavy (non-hydrogen) atoms. The SMILES string of the molecule is CNc1nc2c(s1)CC1C(C)(CO)C(O)CCC1(C)C2CC(=O)NCCN1CCOCC1. The van der Waals surface area contributed by atoms with E-state index in [1.54, 1.807) is 11.3 Å². The van der Waals surface area contributed by atoms with Crippen LogP contribution in [-0.4, -0.2) is 85.2 Å². The number of anilines is 1. The number of thiazole rings is 1. The molecule has 2 fully saturated rings. The van der Waals surface area contributed by atoms with Gasteiger partial charge in [0.2, 0.25) is 5.91 Å². The van der Waals surface area contributed by atoms with E-state index in [9.17, 15) is 15.0 Å². The second-order valence-corrected chi connectivity index (χ2v) is 11.2. The highest BCUT2D eigenvalue weighted by atomic mass is 32.1. The molecule has 5 atom stereocenters. The molecule has 1 saturated carbocycles. The van der Waals surface area contributed by atoms with E-state index < -0.39 is 11.5 Å². The molecule has 8 nitrogen and oxygen atoms in total. The first-order valence-corrected chi connectivity index (χ1v) is 12.7. The van der Waals surface area contributed by atoms with Crippen LogP contribution < -0.4 is 10.6 Å². The molecule has 180 valence electrons. The van der Waals surface area contributed by atoms with E-state index in [0.29, 0.717) is 19.4 Å². The van der Waals surface area contributed by atoms with E-state index in [1.807, 2.05) is 14.0 Å². The smallest absolute Gasteiger partial charge is 0.220 e. The van der Waals surface area contributed by atoms with Crippen molar-refractivity contribution in [1.29, 1.82) is 0 Å². The number of ether oxygens (including phenoxy) is 1. The zero-order valence-electron chi connectivity index (χ0n) is 19.5. The molecule has 0 spiro atoms. The number of carbonyl (C=O) groups is 1. The summed E-state index contributed by atoms with van der Waals surface area (Å²) in [7, 11) is 1.87. The molecule has 5 unspecified atom stereocenters. The maximum atomic E-state index is 13.1. The fourth-order valence-corrected chi connectivity index (χ4v) is 7.21. The summed E-state index contributed by atoms with van der Waals surface area (Å²) >= 11 is 1.63. The number of carbonyl (C=O) groups excluding carboxylic acids is 1. The van der Waals surface area contributed by atoms with Gasteiger partial charge < -0.3 is 25.6 Å². The molecule has 0 aromatic carbocycles. The van der Waals surface area contributed by atoms with Crippen molar-refractivity contribution in [2.45, 2.75) is 51.6 Å². The van der Waals surface area contributed by atoms with Gasteiger partial charge in [-0.3, -0.25) is 9.69 Å². The second-order valence-electron chi connectivity index (χ2n) is 10.1. The fourth-order valence-electron chi connectivity index (χ4n) is 6.19. The topological polar surface area (TPSA) is 107 Å². The van der Waals surface area contributed by atoms with Crippen molar-refractivity contribution < 1.29 is 19.7 Å². The summed E-state index contributed by atoms with van der Waals surface area (Å²) in [5.74, 6) is 0.107. The predicted molar refractivity (Wildman–Crippen MR) is 125 cm³/mol. The van der Waals surface area contributed by atoms with E-state index in [0.717, 1.165) is 56.5 Å². The number of nitrogens with zero attached hydrogens (tertiary/aromatic N) is 2. The van der Waals surface area contributed by atoms with Crippen molar-refractivity contribution in [3.63, 3.8) is 0 Å². The van der Waals surface area contributed by atoms with E-state index in [1.165, 1.54) is 4.88 Å². The van der Waals surface area contributed by atoms with Gasteiger partial charge in [0, 0.05) is 55.9 Å². The minimum Gasteiger partial charge on any atom is -0.396 e. The Morgan fingerprint density at radius 2 is 2.09 bits per heavy atom. The van der Waals surface area contributed by atoms with Crippen LogP contribution in [0.4, 0.5) is 5.13 Å². The highest BCUT2D eigenvalue weighted by molar-refractivity contribution is 7.15. The normalized spacial score (nSPS) is 35.1. The Kier molecular flexibility index (Phi) is 7.12. The second kappa shape index (κ2) is 9.54. The Bertz CT molecular complexity index is 814. The number of nitrogens with one attached hydrogen (secondary N) is 2. The molecule has 3 aliphatic rings. The van der Waals surface area contributed by atoms with Crippen LogP contribution in [0.5, 0.6) is 0 Å². The summed E-state index contributed by atoms with van der Waals surface area (Å²) in [6.45, 7) is 8.99. The van der Waals surface area contributed by atoms with Gasteiger partial charge in [0.15, 0.2) is 5.13 Å². The summed E-state index contributed by atoms with van der Waals surface area (Å²) in [5.41, 5.74) is 0.238. The van der Waals surface area contributed by atoms with Crippen LogP contribution in [0.1, 0.15) is 49.6 Å². The van der Waals surface area contributed by atoms with Gasteiger partial charge >= 0.3 is 0 Å². The van der Waals surface area contributed by atoms with Crippen LogP contribution >= 0.6 is 11.3 Å². The highest BCUT2D eigenvalue weighted by Gasteiger charge is 2.59. The maximum Gasteiger partial charge on any atom is 0.220 e. The van der Waals surface area contributed by atoms with Gasteiger partial charge in [-0.15, -0.1) is 11.3 Å².